The fraction of sp³-hybridized carbons (Fsp3) is 0.250. The Balaban J connectivity index is 1.89. The largest absolute Gasteiger partial charge is 0.497 e. The normalized spacial score (nSPS) is 10.0. The van der Waals surface area contributed by atoms with Gasteiger partial charge in [-0.25, -0.2) is 9.78 Å². The molecule has 0 aliphatic heterocycles. The van der Waals surface area contributed by atoms with Gasteiger partial charge in [0.05, 0.1) is 14.2 Å². The van der Waals surface area contributed by atoms with Crippen LogP contribution in [0.3, 0.4) is 0 Å². The van der Waals surface area contributed by atoms with Crippen molar-refractivity contribution < 1.29 is 14.3 Å². The Hall–Kier alpha value is -2.56. The summed E-state index contributed by atoms with van der Waals surface area (Å²) in [6.07, 6.45) is 2.46. The van der Waals surface area contributed by atoms with Crippen molar-refractivity contribution in [3.05, 3.63) is 53.9 Å². The second kappa shape index (κ2) is 7.28. The number of nitrogens with zero attached hydrogens (tertiary/aromatic N) is 1. The van der Waals surface area contributed by atoms with E-state index in [4.69, 9.17) is 4.74 Å². The molecular weight excluding hydrogens is 268 g/mol. The molecule has 5 nitrogen and oxygen atoms in total. The lowest BCUT2D eigenvalue weighted by Crippen LogP contribution is -2.08. The predicted molar refractivity (Wildman–Crippen MR) is 80.8 cm³/mol. The maximum absolute atomic E-state index is 11.4. The van der Waals surface area contributed by atoms with Crippen LogP contribution >= 0.6 is 0 Å². The molecule has 5 heteroatoms. The maximum Gasteiger partial charge on any atom is 0.356 e. The van der Waals surface area contributed by atoms with Crippen LogP contribution in [0, 0.1) is 0 Å². The zero-order valence-electron chi connectivity index (χ0n) is 12.1. The minimum Gasteiger partial charge on any atom is -0.497 e. The van der Waals surface area contributed by atoms with Crippen LogP contribution in [0.4, 0.5) is 5.69 Å². The number of hydrogen-bond acceptors (Lipinski definition) is 5. The molecule has 110 valence electrons. The van der Waals surface area contributed by atoms with Gasteiger partial charge in [0.25, 0.3) is 0 Å². The average molecular weight is 286 g/mol. The Morgan fingerprint density at radius 3 is 2.62 bits per heavy atom. The first-order valence-electron chi connectivity index (χ1n) is 6.64. The zero-order chi connectivity index (χ0) is 15.1. The molecule has 0 fully saturated rings. The maximum atomic E-state index is 11.4. The van der Waals surface area contributed by atoms with Crippen LogP contribution in [0.15, 0.2) is 42.6 Å². The third-order valence-electron chi connectivity index (χ3n) is 3.06. The van der Waals surface area contributed by atoms with Crippen LogP contribution in [0.5, 0.6) is 5.75 Å². The fourth-order valence-electron chi connectivity index (χ4n) is 1.90. The molecule has 0 bridgehead atoms. The fourth-order valence-corrected chi connectivity index (χ4v) is 1.90. The molecule has 0 atom stereocenters. The van der Waals surface area contributed by atoms with Gasteiger partial charge in [0.1, 0.15) is 11.4 Å². The Labute approximate surface area is 123 Å². The van der Waals surface area contributed by atoms with Gasteiger partial charge in [-0.3, -0.25) is 0 Å². The standard InChI is InChI=1S/C16H18N2O3/c1-20-14-5-3-12(4-6-14)7-9-17-13-8-10-18-15(11-13)16(19)21-2/h3-6,8,10-11H,7,9H2,1-2H3,(H,17,18). The van der Waals surface area contributed by atoms with Crippen molar-refractivity contribution in [3.63, 3.8) is 0 Å². The van der Waals surface area contributed by atoms with Gasteiger partial charge in [0, 0.05) is 18.4 Å². The first-order valence-corrected chi connectivity index (χ1v) is 6.64. The van der Waals surface area contributed by atoms with Gasteiger partial charge < -0.3 is 14.8 Å². The summed E-state index contributed by atoms with van der Waals surface area (Å²) in [6.45, 7) is 0.761. The molecule has 1 heterocycles. The van der Waals surface area contributed by atoms with E-state index in [1.807, 2.05) is 30.3 Å². The summed E-state index contributed by atoms with van der Waals surface area (Å²) in [5.74, 6) is 0.414. The minimum atomic E-state index is -0.436. The summed E-state index contributed by atoms with van der Waals surface area (Å²) in [5, 5.41) is 3.26. The van der Waals surface area contributed by atoms with Crippen molar-refractivity contribution in [2.45, 2.75) is 6.42 Å². The molecule has 0 unspecified atom stereocenters. The molecule has 0 radical (unpaired) electrons. The molecular formula is C16H18N2O3. The van der Waals surface area contributed by atoms with Gasteiger partial charge in [0.15, 0.2) is 0 Å². The van der Waals surface area contributed by atoms with E-state index in [0.717, 1.165) is 24.4 Å². The predicted octanol–water partition coefficient (Wildman–Crippen LogP) is 2.53. The monoisotopic (exact) mass is 286 g/mol. The van der Waals surface area contributed by atoms with E-state index < -0.39 is 5.97 Å². The second-order valence-electron chi connectivity index (χ2n) is 4.45. The molecule has 1 N–H and O–H groups in total. The molecule has 0 aliphatic rings. The molecule has 0 saturated carbocycles. The van der Waals surface area contributed by atoms with Crippen LogP contribution in [-0.4, -0.2) is 31.7 Å². The van der Waals surface area contributed by atoms with Crippen LogP contribution in [0.2, 0.25) is 0 Å². The molecule has 2 rings (SSSR count). The van der Waals surface area contributed by atoms with E-state index >= 15 is 0 Å². The average Bonchev–Trinajstić information content (AvgIpc) is 2.55. The zero-order valence-corrected chi connectivity index (χ0v) is 12.1. The van der Waals surface area contributed by atoms with Gasteiger partial charge in [0.2, 0.25) is 0 Å². The van der Waals surface area contributed by atoms with Crippen molar-refractivity contribution in [2.75, 3.05) is 26.1 Å². The number of ether oxygens (including phenoxy) is 2. The van der Waals surface area contributed by atoms with E-state index in [1.165, 1.54) is 12.7 Å². The number of nitrogens with one attached hydrogen (secondary N) is 1. The van der Waals surface area contributed by atoms with Crippen molar-refractivity contribution >= 4 is 11.7 Å². The van der Waals surface area contributed by atoms with E-state index in [-0.39, 0.29) is 0 Å². The summed E-state index contributed by atoms with van der Waals surface area (Å²) in [4.78, 5) is 15.4. The Morgan fingerprint density at radius 2 is 1.95 bits per heavy atom. The van der Waals surface area contributed by atoms with Gasteiger partial charge >= 0.3 is 5.97 Å². The SMILES string of the molecule is COC(=O)c1cc(NCCc2ccc(OC)cc2)ccn1. The number of benzene rings is 1. The number of carbonyl (C=O) groups is 1. The summed E-state index contributed by atoms with van der Waals surface area (Å²) in [5.41, 5.74) is 2.36. The van der Waals surface area contributed by atoms with Gasteiger partial charge in [-0.2, -0.15) is 0 Å². The molecule has 1 aromatic carbocycles. The third kappa shape index (κ3) is 4.21. The lowest BCUT2D eigenvalue weighted by atomic mass is 10.1. The second-order valence-corrected chi connectivity index (χ2v) is 4.45. The topological polar surface area (TPSA) is 60.5 Å². The van der Waals surface area contributed by atoms with E-state index in [1.54, 1.807) is 19.4 Å². The lowest BCUT2D eigenvalue weighted by molar-refractivity contribution is 0.0594. The summed E-state index contributed by atoms with van der Waals surface area (Å²) in [7, 11) is 2.99. The number of rotatable bonds is 6. The number of esters is 1. The number of hydrogen-bond donors (Lipinski definition) is 1. The number of aromatic nitrogens is 1. The smallest absolute Gasteiger partial charge is 0.356 e. The van der Waals surface area contributed by atoms with Crippen molar-refractivity contribution in [3.8, 4) is 5.75 Å². The van der Waals surface area contributed by atoms with Gasteiger partial charge in [-0.1, -0.05) is 12.1 Å². The number of carbonyl (C=O) groups excluding carboxylic acids is 1. The minimum absolute atomic E-state index is 0.298. The van der Waals surface area contributed by atoms with E-state index in [0.29, 0.717) is 5.69 Å². The first kappa shape index (κ1) is 14.8. The molecule has 0 spiro atoms. The van der Waals surface area contributed by atoms with Crippen molar-refractivity contribution in [1.82, 2.24) is 4.98 Å². The number of methoxy groups -OCH3 is 2. The Bertz CT molecular complexity index is 597. The van der Waals surface area contributed by atoms with Gasteiger partial charge in [-0.15, -0.1) is 0 Å². The highest BCUT2D eigenvalue weighted by molar-refractivity contribution is 5.88. The number of pyridine rings is 1. The summed E-state index contributed by atoms with van der Waals surface area (Å²) >= 11 is 0. The van der Waals surface area contributed by atoms with Gasteiger partial charge in [-0.05, 0) is 36.2 Å². The Morgan fingerprint density at radius 1 is 1.19 bits per heavy atom. The number of anilines is 1. The molecule has 1 aromatic heterocycles. The van der Waals surface area contributed by atoms with Crippen molar-refractivity contribution in [1.29, 1.82) is 0 Å². The quantitative estimate of drug-likeness (QED) is 0.827. The molecule has 21 heavy (non-hydrogen) atoms. The molecule has 0 aliphatic carbocycles. The lowest BCUT2D eigenvalue weighted by Gasteiger charge is -2.08. The van der Waals surface area contributed by atoms with Crippen LogP contribution in [0.25, 0.3) is 0 Å². The highest BCUT2D eigenvalue weighted by atomic mass is 16.5. The first-order chi connectivity index (χ1) is 10.2. The summed E-state index contributed by atoms with van der Waals surface area (Å²) < 4.78 is 9.77. The molecule has 0 amide bonds. The van der Waals surface area contributed by atoms with Crippen molar-refractivity contribution in [2.24, 2.45) is 0 Å². The third-order valence-corrected chi connectivity index (χ3v) is 3.06. The summed E-state index contributed by atoms with van der Waals surface area (Å²) in [6, 6.07) is 11.5. The Kier molecular flexibility index (Phi) is 5.15. The highest BCUT2D eigenvalue weighted by Crippen LogP contribution is 2.13. The van der Waals surface area contributed by atoms with E-state index in [9.17, 15) is 4.79 Å². The molecule has 2 aromatic rings. The van der Waals surface area contributed by atoms with Crippen LogP contribution in [-0.2, 0) is 11.2 Å². The van der Waals surface area contributed by atoms with Crippen LogP contribution in [0.1, 0.15) is 16.1 Å². The molecule has 0 saturated heterocycles. The van der Waals surface area contributed by atoms with E-state index in [2.05, 4.69) is 15.0 Å². The highest BCUT2D eigenvalue weighted by Gasteiger charge is 2.07. The van der Waals surface area contributed by atoms with Crippen LogP contribution < -0.4 is 10.1 Å².